The second-order valence-corrected chi connectivity index (χ2v) is 5.43. The Balaban J connectivity index is 1.97. The standard InChI is InChI=1S/C15H12N6OS/c22-14-11-9-17-15-18-13(10-2-1-4-16-8-10)19-21(15)12(11)3-5-20(14)6-7-23/h1-5,8-9,23H,6-7H2. The van der Waals surface area contributed by atoms with E-state index in [0.717, 1.165) is 5.56 Å². The van der Waals surface area contributed by atoms with E-state index in [1.807, 2.05) is 18.2 Å². The number of aryl methyl sites for hydroxylation is 1. The molecule has 0 aliphatic heterocycles. The Morgan fingerprint density at radius 2 is 2.13 bits per heavy atom. The SMILES string of the molecule is O=c1c2cnc3nc(-c4cccnc4)nn3c2ccn1CCS. The number of fused-ring (bicyclic) bond motifs is 3. The summed E-state index contributed by atoms with van der Waals surface area (Å²) in [6, 6.07) is 5.54. The van der Waals surface area contributed by atoms with Crippen LogP contribution in [0.4, 0.5) is 0 Å². The molecule has 0 atom stereocenters. The van der Waals surface area contributed by atoms with E-state index in [2.05, 4.69) is 32.7 Å². The Labute approximate surface area is 136 Å². The van der Waals surface area contributed by atoms with Gasteiger partial charge in [-0.25, -0.2) is 4.98 Å². The Bertz CT molecular complexity index is 1060. The summed E-state index contributed by atoms with van der Waals surface area (Å²) in [6.07, 6.45) is 6.67. The van der Waals surface area contributed by atoms with Gasteiger partial charge < -0.3 is 4.57 Å². The molecule has 0 aliphatic rings. The lowest BCUT2D eigenvalue weighted by Gasteiger charge is -2.05. The van der Waals surface area contributed by atoms with Gasteiger partial charge in [-0.1, -0.05) is 0 Å². The molecule has 0 aliphatic carbocycles. The maximum atomic E-state index is 12.5. The summed E-state index contributed by atoms with van der Waals surface area (Å²) < 4.78 is 3.20. The van der Waals surface area contributed by atoms with Gasteiger partial charge in [0.05, 0.1) is 10.9 Å². The largest absolute Gasteiger partial charge is 0.314 e. The molecule has 23 heavy (non-hydrogen) atoms. The smallest absolute Gasteiger partial charge is 0.261 e. The fraction of sp³-hybridized carbons (Fsp3) is 0.133. The van der Waals surface area contributed by atoms with Crippen molar-refractivity contribution in [2.75, 3.05) is 5.75 Å². The number of nitrogens with zero attached hydrogens (tertiary/aromatic N) is 6. The highest BCUT2D eigenvalue weighted by molar-refractivity contribution is 7.80. The molecule has 0 N–H and O–H groups in total. The topological polar surface area (TPSA) is 78.0 Å². The lowest BCUT2D eigenvalue weighted by molar-refractivity contribution is 0.742. The van der Waals surface area contributed by atoms with Crippen molar-refractivity contribution in [3.8, 4) is 11.4 Å². The predicted molar refractivity (Wildman–Crippen MR) is 89.6 cm³/mol. The summed E-state index contributed by atoms with van der Waals surface area (Å²) in [7, 11) is 0. The van der Waals surface area contributed by atoms with Crippen molar-refractivity contribution >= 4 is 29.3 Å². The highest BCUT2D eigenvalue weighted by atomic mass is 32.1. The number of aromatic nitrogens is 6. The second-order valence-electron chi connectivity index (χ2n) is 4.98. The first-order valence-corrected chi connectivity index (χ1v) is 7.67. The van der Waals surface area contributed by atoms with Crippen LogP contribution in [-0.4, -0.2) is 34.9 Å². The molecule has 0 bridgehead atoms. The van der Waals surface area contributed by atoms with Gasteiger partial charge in [0.1, 0.15) is 0 Å². The Morgan fingerprint density at radius 1 is 1.22 bits per heavy atom. The zero-order valence-corrected chi connectivity index (χ0v) is 12.9. The van der Waals surface area contributed by atoms with Crippen molar-refractivity contribution in [1.82, 2.24) is 29.1 Å². The molecule has 114 valence electrons. The van der Waals surface area contributed by atoms with Gasteiger partial charge in [0.25, 0.3) is 11.3 Å². The highest BCUT2D eigenvalue weighted by Crippen LogP contribution is 2.16. The van der Waals surface area contributed by atoms with Crippen molar-refractivity contribution in [3.05, 3.63) is 53.3 Å². The molecule has 0 spiro atoms. The number of thiol groups is 1. The molecule has 0 aromatic carbocycles. The third-order valence-electron chi connectivity index (χ3n) is 3.57. The van der Waals surface area contributed by atoms with E-state index in [1.54, 1.807) is 33.9 Å². The first-order chi connectivity index (χ1) is 11.3. The van der Waals surface area contributed by atoms with Crippen LogP contribution in [0.1, 0.15) is 0 Å². The average molecular weight is 324 g/mol. The minimum Gasteiger partial charge on any atom is -0.314 e. The van der Waals surface area contributed by atoms with Crippen LogP contribution in [0, 0.1) is 0 Å². The predicted octanol–water partition coefficient (Wildman–Crippen LogP) is 1.43. The zero-order valence-electron chi connectivity index (χ0n) is 12.0. The van der Waals surface area contributed by atoms with E-state index >= 15 is 0 Å². The molecule has 0 saturated carbocycles. The molecule has 4 heterocycles. The van der Waals surface area contributed by atoms with E-state index in [4.69, 9.17) is 0 Å². The summed E-state index contributed by atoms with van der Waals surface area (Å²) in [4.78, 5) is 25.2. The van der Waals surface area contributed by atoms with Gasteiger partial charge in [0.2, 0.25) is 0 Å². The molecule has 4 aromatic rings. The molecule has 0 radical (unpaired) electrons. The van der Waals surface area contributed by atoms with Gasteiger partial charge in [-0.05, 0) is 18.2 Å². The monoisotopic (exact) mass is 324 g/mol. The summed E-state index contributed by atoms with van der Waals surface area (Å²) >= 11 is 4.17. The molecular formula is C15H12N6OS. The van der Waals surface area contributed by atoms with Crippen LogP contribution in [0.5, 0.6) is 0 Å². The van der Waals surface area contributed by atoms with E-state index < -0.39 is 0 Å². The Hall–Kier alpha value is -2.74. The quantitative estimate of drug-likeness (QED) is 0.577. The van der Waals surface area contributed by atoms with Crippen molar-refractivity contribution in [2.24, 2.45) is 0 Å². The summed E-state index contributed by atoms with van der Waals surface area (Å²) in [5.41, 5.74) is 1.37. The van der Waals surface area contributed by atoms with Crippen LogP contribution in [0.15, 0.2) is 47.8 Å². The maximum absolute atomic E-state index is 12.5. The van der Waals surface area contributed by atoms with E-state index in [0.29, 0.717) is 34.8 Å². The second kappa shape index (κ2) is 5.47. The van der Waals surface area contributed by atoms with Gasteiger partial charge in [-0.15, -0.1) is 5.10 Å². The fourth-order valence-electron chi connectivity index (χ4n) is 2.46. The molecule has 0 fully saturated rings. The average Bonchev–Trinajstić information content (AvgIpc) is 3.03. The highest BCUT2D eigenvalue weighted by Gasteiger charge is 2.12. The number of hydrogen-bond acceptors (Lipinski definition) is 6. The number of rotatable bonds is 3. The van der Waals surface area contributed by atoms with Gasteiger partial charge >= 0.3 is 0 Å². The fourth-order valence-corrected chi connectivity index (χ4v) is 2.68. The van der Waals surface area contributed by atoms with Crippen molar-refractivity contribution in [2.45, 2.75) is 6.54 Å². The van der Waals surface area contributed by atoms with Crippen LogP contribution < -0.4 is 5.56 Å². The molecule has 8 heteroatoms. The first-order valence-electron chi connectivity index (χ1n) is 7.04. The van der Waals surface area contributed by atoms with Crippen molar-refractivity contribution < 1.29 is 0 Å². The van der Waals surface area contributed by atoms with Gasteiger partial charge in [-0.3, -0.25) is 9.78 Å². The minimum absolute atomic E-state index is 0.107. The van der Waals surface area contributed by atoms with E-state index in [-0.39, 0.29) is 5.56 Å². The summed E-state index contributed by atoms with van der Waals surface area (Å²) in [5, 5.41) is 4.97. The van der Waals surface area contributed by atoms with Crippen molar-refractivity contribution in [3.63, 3.8) is 0 Å². The number of pyridine rings is 2. The van der Waals surface area contributed by atoms with Crippen LogP contribution >= 0.6 is 12.6 Å². The maximum Gasteiger partial charge on any atom is 0.261 e. The minimum atomic E-state index is -0.107. The first kappa shape index (κ1) is 13.9. The molecule has 4 aromatic heterocycles. The van der Waals surface area contributed by atoms with Crippen LogP contribution in [0.25, 0.3) is 28.1 Å². The molecular weight excluding hydrogens is 312 g/mol. The Kier molecular flexibility index (Phi) is 3.30. The van der Waals surface area contributed by atoms with Crippen LogP contribution in [0.2, 0.25) is 0 Å². The third-order valence-corrected chi connectivity index (χ3v) is 3.77. The third kappa shape index (κ3) is 2.27. The summed E-state index contributed by atoms with van der Waals surface area (Å²) in [5.74, 6) is 1.57. The molecule has 0 unspecified atom stereocenters. The molecule has 0 saturated heterocycles. The van der Waals surface area contributed by atoms with Crippen LogP contribution in [0.3, 0.4) is 0 Å². The Morgan fingerprint density at radius 3 is 2.91 bits per heavy atom. The van der Waals surface area contributed by atoms with Gasteiger partial charge in [-0.2, -0.15) is 22.1 Å². The van der Waals surface area contributed by atoms with Gasteiger partial charge in [0.15, 0.2) is 5.82 Å². The number of hydrogen-bond donors (Lipinski definition) is 1. The molecule has 4 rings (SSSR count). The molecule has 0 amide bonds. The van der Waals surface area contributed by atoms with Crippen molar-refractivity contribution in [1.29, 1.82) is 0 Å². The lowest BCUT2D eigenvalue weighted by atomic mass is 10.3. The normalized spacial score (nSPS) is 11.3. The van der Waals surface area contributed by atoms with E-state index in [1.165, 1.54) is 0 Å². The van der Waals surface area contributed by atoms with Crippen LogP contribution in [-0.2, 0) is 6.54 Å². The zero-order chi connectivity index (χ0) is 15.8. The van der Waals surface area contributed by atoms with E-state index in [9.17, 15) is 4.79 Å². The lowest BCUT2D eigenvalue weighted by Crippen LogP contribution is -2.21. The summed E-state index contributed by atoms with van der Waals surface area (Å²) in [6.45, 7) is 0.550. The van der Waals surface area contributed by atoms with Gasteiger partial charge in [0, 0.05) is 42.6 Å². The molecule has 7 nitrogen and oxygen atoms in total.